The summed E-state index contributed by atoms with van der Waals surface area (Å²) in [4.78, 5) is 12.7. The highest BCUT2D eigenvalue weighted by atomic mass is 16.7. The molecule has 0 fully saturated rings. The summed E-state index contributed by atoms with van der Waals surface area (Å²) in [6.07, 6.45) is 0.636. The Balaban J connectivity index is 1.57. The highest BCUT2D eigenvalue weighted by Gasteiger charge is 2.34. The molecule has 2 heterocycles. The van der Waals surface area contributed by atoms with Crippen molar-refractivity contribution in [3.8, 4) is 23.0 Å². The van der Waals surface area contributed by atoms with Crippen LogP contribution in [0.4, 0.5) is 0 Å². The highest BCUT2D eigenvalue weighted by molar-refractivity contribution is 6.02. The van der Waals surface area contributed by atoms with E-state index in [0.717, 1.165) is 11.3 Å². The van der Waals surface area contributed by atoms with Crippen molar-refractivity contribution in [3.05, 3.63) is 47.5 Å². The molecule has 0 radical (unpaired) electrons. The molecule has 0 unspecified atom stereocenters. The van der Waals surface area contributed by atoms with Gasteiger partial charge < -0.3 is 18.9 Å². The van der Waals surface area contributed by atoms with Crippen LogP contribution in [0.15, 0.2) is 36.4 Å². The third-order valence-corrected chi connectivity index (χ3v) is 4.20. The van der Waals surface area contributed by atoms with Gasteiger partial charge in [-0.2, -0.15) is 0 Å². The second-order valence-electron chi connectivity index (χ2n) is 5.60. The molecule has 5 nitrogen and oxygen atoms in total. The van der Waals surface area contributed by atoms with E-state index in [0.29, 0.717) is 35.8 Å². The Morgan fingerprint density at radius 2 is 1.87 bits per heavy atom. The third kappa shape index (κ3) is 2.38. The molecule has 2 aromatic carbocycles. The highest BCUT2D eigenvalue weighted by Crippen LogP contribution is 2.45. The first-order valence-corrected chi connectivity index (χ1v) is 7.49. The average molecular weight is 312 g/mol. The van der Waals surface area contributed by atoms with Crippen molar-refractivity contribution in [2.24, 2.45) is 5.92 Å². The summed E-state index contributed by atoms with van der Waals surface area (Å²) in [7, 11) is 1.63. The Kier molecular flexibility index (Phi) is 3.33. The number of Topliss-reactive ketones (excluding diaryl/α,β-unsaturated/α-hetero) is 1. The smallest absolute Gasteiger partial charge is 0.231 e. The van der Waals surface area contributed by atoms with Crippen molar-refractivity contribution < 1.29 is 23.7 Å². The van der Waals surface area contributed by atoms with E-state index in [4.69, 9.17) is 18.9 Å². The first-order valence-electron chi connectivity index (χ1n) is 7.49. The molecule has 0 N–H and O–H groups in total. The van der Waals surface area contributed by atoms with Gasteiger partial charge in [0.1, 0.15) is 5.75 Å². The van der Waals surface area contributed by atoms with Gasteiger partial charge in [-0.15, -0.1) is 0 Å². The third-order valence-electron chi connectivity index (χ3n) is 4.20. The number of fused-ring (bicyclic) bond motifs is 3. The first kappa shape index (κ1) is 13.9. The number of hydrogen-bond acceptors (Lipinski definition) is 5. The predicted molar refractivity (Wildman–Crippen MR) is 82.6 cm³/mol. The van der Waals surface area contributed by atoms with Crippen LogP contribution >= 0.6 is 0 Å². The van der Waals surface area contributed by atoms with Crippen molar-refractivity contribution in [2.75, 3.05) is 20.5 Å². The van der Waals surface area contributed by atoms with Gasteiger partial charge in [0.05, 0.1) is 25.2 Å². The number of rotatable bonds is 3. The summed E-state index contributed by atoms with van der Waals surface area (Å²) in [5, 5.41) is 0. The zero-order valence-corrected chi connectivity index (χ0v) is 12.7. The van der Waals surface area contributed by atoms with Crippen LogP contribution in [0.2, 0.25) is 0 Å². The van der Waals surface area contributed by atoms with Gasteiger partial charge in [0, 0.05) is 0 Å². The molecule has 23 heavy (non-hydrogen) atoms. The fourth-order valence-electron chi connectivity index (χ4n) is 2.96. The van der Waals surface area contributed by atoms with Crippen LogP contribution < -0.4 is 18.9 Å². The number of hydrogen-bond donors (Lipinski definition) is 0. The Hall–Kier alpha value is -2.69. The molecule has 118 valence electrons. The molecule has 2 aliphatic rings. The Morgan fingerprint density at radius 1 is 1.04 bits per heavy atom. The first-order chi connectivity index (χ1) is 11.3. The lowest BCUT2D eigenvalue weighted by Crippen LogP contribution is -2.29. The monoisotopic (exact) mass is 312 g/mol. The zero-order chi connectivity index (χ0) is 15.8. The van der Waals surface area contributed by atoms with Crippen LogP contribution in [-0.2, 0) is 6.42 Å². The number of benzene rings is 2. The number of methoxy groups -OCH3 is 1. The molecule has 0 aliphatic carbocycles. The molecule has 0 saturated carbocycles. The van der Waals surface area contributed by atoms with Crippen LogP contribution in [0.5, 0.6) is 23.0 Å². The van der Waals surface area contributed by atoms with Crippen LogP contribution in [0.25, 0.3) is 0 Å². The van der Waals surface area contributed by atoms with Gasteiger partial charge in [-0.25, -0.2) is 0 Å². The minimum Gasteiger partial charge on any atom is -0.497 e. The zero-order valence-electron chi connectivity index (χ0n) is 12.7. The lowest BCUT2D eigenvalue weighted by atomic mass is 9.89. The van der Waals surface area contributed by atoms with E-state index in [1.807, 2.05) is 24.3 Å². The van der Waals surface area contributed by atoms with Crippen molar-refractivity contribution in [1.29, 1.82) is 0 Å². The summed E-state index contributed by atoms with van der Waals surface area (Å²) < 4.78 is 21.7. The Morgan fingerprint density at radius 3 is 2.65 bits per heavy atom. The topological polar surface area (TPSA) is 54.0 Å². The molecule has 0 aromatic heterocycles. The van der Waals surface area contributed by atoms with Gasteiger partial charge >= 0.3 is 0 Å². The van der Waals surface area contributed by atoms with Gasteiger partial charge in [0.15, 0.2) is 17.3 Å². The van der Waals surface area contributed by atoms with Crippen molar-refractivity contribution in [1.82, 2.24) is 0 Å². The van der Waals surface area contributed by atoms with Gasteiger partial charge in [0.25, 0.3) is 0 Å². The van der Waals surface area contributed by atoms with E-state index in [9.17, 15) is 4.79 Å². The van der Waals surface area contributed by atoms with E-state index < -0.39 is 0 Å². The van der Waals surface area contributed by atoms with E-state index in [2.05, 4.69) is 0 Å². The van der Waals surface area contributed by atoms with Crippen molar-refractivity contribution >= 4 is 5.78 Å². The molecular formula is C18H16O5. The predicted octanol–water partition coefficient (Wildman–Crippen LogP) is 2.86. The molecule has 0 bridgehead atoms. The lowest BCUT2D eigenvalue weighted by molar-refractivity contribution is 0.0824. The number of carbonyl (C=O) groups is 1. The number of ketones is 1. The van der Waals surface area contributed by atoms with Crippen molar-refractivity contribution in [2.45, 2.75) is 6.42 Å². The van der Waals surface area contributed by atoms with E-state index in [1.54, 1.807) is 19.2 Å². The largest absolute Gasteiger partial charge is 0.497 e. The fourth-order valence-corrected chi connectivity index (χ4v) is 2.96. The summed E-state index contributed by atoms with van der Waals surface area (Å²) in [5.74, 6) is 2.37. The van der Waals surface area contributed by atoms with Gasteiger partial charge in [-0.3, -0.25) is 4.79 Å². The van der Waals surface area contributed by atoms with Gasteiger partial charge in [0.2, 0.25) is 12.5 Å². The van der Waals surface area contributed by atoms with Crippen LogP contribution in [0.1, 0.15) is 15.9 Å². The molecule has 1 atom stereocenters. The molecule has 0 amide bonds. The van der Waals surface area contributed by atoms with Crippen LogP contribution in [0, 0.1) is 5.92 Å². The summed E-state index contributed by atoms with van der Waals surface area (Å²) in [5.41, 5.74) is 1.65. The number of carbonyl (C=O) groups excluding carboxylic acids is 1. The summed E-state index contributed by atoms with van der Waals surface area (Å²) >= 11 is 0. The molecule has 4 rings (SSSR count). The summed E-state index contributed by atoms with van der Waals surface area (Å²) in [6.45, 7) is 0.510. The molecule has 0 saturated heterocycles. The molecule has 2 aliphatic heterocycles. The fraction of sp³-hybridized carbons (Fsp3) is 0.278. The van der Waals surface area contributed by atoms with E-state index >= 15 is 0 Å². The number of ether oxygens (including phenoxy) is 4. The van der Waals surface area contributed by atoms with Gasteiger partial charge in [-0.1, -0.05) is 12.1 Å². The molecule has 5 heteroatoms. The SMILES string of the molecule is COc1ccc(C[C@H]2COc3c(ccc4c3OCO4)C2=O)cc1. The quantitative estimate of drug-likeness (QED) is 0.872. The minimum absolute atomic E-state index is 0.0837. The van der Waals surface area contributed by atoms with E-state index in [1.165, 1.54) is 0 Å². The molecule has 0 spiro atoms. The minimum atomic E-state index is -0.198. The van der Waals surface area contributed by atoms with Crippen LogP contribution in [-0.4, -0.2) is 26.3 Å². The average Bonchev–Trinajstić information content (AvgIpc) is 3.07. The lowest BCUT2D eigenvalue weighted by Gasteiger charge is -2.25. The normalized spacial score (nSPS) is 18.3. The maximum Gasteiger partial charge on any atom is 0.231 e. The standard InChI is InChI=1S/C18H16O5/c1-20-13-4-2-11(3-5-13)8-12-9-21-17-14(16(12)19)6-7-15-18(17)23-10-22-15/h2-7,12H,8-10H2,1H3/t12-/m0/s1. The maximum absolute atomic E-state index is 12.7. The van der Waals surface area contributed by atoms with Crippen LogP contribution in [0.3, 0.4) is 0 Å². The van der Waals surface area contributed by atoms with Crippen molar-refractivity contribution in [3.63, 3.8) is 0 Å². The second kappa shape index (κ2) is 5.50. The van der Waals surface area contributed by atoms with E-state index in [-0.39, 0.29) is 18.5 Å². The summed E-state index contributed by atoms with van der Waals surface area (Å²) in [6, 6.07) is 11.3. The molecular weight excluding hydrogens is 296 g/mol. The molecule has 2 aromatic rings. The van der Waals surface area contributed by atoms with Gasteiger partial charge in [-0.05, 0) is 36.2 Å². The Labute approximate surface area is 133 Å². The maximum atomic E-state index is 12.7. The Bertz CT molecular complexity index is 751. The second-order valence-corrected chi connectivity index (χ2v) is 5.60.